The van der Waals surface area contributed by atoms with Crippen molar-refractivity contribution in [2.75, 3.05) is 0 Å². The van der Waals surface area contributed by atoms with E-state index in [2.05, 4.69) is 10.3 Å². The molecule has 0 aliphatic rings. The number of fused-ring (bicyclic) bond motifs is 1. The highest BCUT2D eigenvalue weighted by Crippen LogP contribution is 1.98. The van der Waals surface area contributed by atoms with Crippen LogP contribution in [0, 0.1) is 0 Å². The lowest BCUT2D eigenvalue weighted by Crippen LogP contribution is -2.36. The van der Waals surface area contributed by atoms with E-state index in [1.165, 1.54) is 10.6 Å². The molecule has 0 aliphatic carbocycles. The van der Waals surface area contributed by atoms with Crippen LogP contribution in [0.3, 0.4) is 0 Å². The standard InChI is InChI=1S/C13H15N3O2/c1-3-9(2)15-12(17)10-8-14-11-6-4-5-7-16(11)13(10)18/h4-9H,3H2,1-2H3,(H,15,17)/t9-/m1/s1. The molecule has 1 N–H and O–H groups in total. The highest BCUT2D eigenvalue weighted by atomic mass is 16.2. The second kappa shape index (κ2) is 5.00. The van der Waals surface area contributed by atoms with Crippen LogP contribution in [0.15, 0.2) is 35.4 Å². The predicted molar refractivity (Wildman–Crippen MR) is 68.7 cm³/mol. The lowest BCUT2D eigenvalue weighted by Gasteiger charge is -2.11. The number of nitrogens with one attached hydrogen (secondary N) is 1. The third kappa shape index (κ3) is 2.25. The maximum Gasteiger partial charge on any atom is 0.270 e. The minimum atomic E-state index is -0.375. The molecule has 0 radical (unpaired) electrons. The van der Waals surface area contributed by atoms with E-state index in [1.54, 1.807) is 24.4 Å². The van der Waals surface area contributed by atoms with Crippen molar-refractivity contribution in [1.29, 1.82) is 0 Å². The first kappa shape index (κ1) is 12.3. The minimum absolute atomic E-state index is 0.0355. The van der Waals surface area contributed by atoms with E-state index < -0.39 is 0 Å². The summed E-state index contributed by atoms with van der Waals surface area (Å²) in [6.07, 6.45) is 3.74. The molecule has 2 aromatic heterocycles. The molecule has 5 heteroatoms. The summed E-state index contributed by atoms with van der Waals surface area (Å²) in [6, 6.07) is 5.28. The third-order valence-corrected chi connectivity index (χ3v) is 2.85. The van der Waals surface area contributed by atoms with Crippen LogP contribution in [0.4, 0.5) is 0 Å². The van der Waals surface area contributed by atoms with Crippen molar-refractivity contribution in [3.63, 3.8) is 0 Å². The molecule has 0 fully saturated rings. The van der Waals surface area contributed by atoms with Gasteiger partial charge in [-0.1, -0.05) is 13.0 Å². The van der Waals surface area contributed by atoms with Gasteiger partial charge in [0.1, 0.15) is 11.2 Å². The molecule has 0 spiro atoms. The number of hydrogen-bond donors (Lipinski definition) is 1. The van der Waals surface area contributed by atoms with Gasteiger partial charge in [0, 0.05) is 18.4 Å². The van der Waals surface area contributed by atoms with Crippen molar-refractivity contribution in [3.8, 4) is 0 Å². The maximum absolute atomic E-state index is 12.1. The molecule has 0 bridgehead atoms. The van der Waals surface area contributed by atoms with E-state index in [-0.39, 0.29) is 23.1 Å². The van der Waals surface area contributed by atoms with Gasteiger partial charge in [-0.2, -0.15) is 0 Å². The van der Waals surface area contributed by atoms with Gasteiger partial charge in [0.25, 0.3) is 11.5 Å². The van der Waals surface area contributed by atoms with Gasteiger partial charge < -0.3 is 5.32 Å². The summed E-state index contributed by atoms with van der Waals surface area (Å²) in [5.41, 5.74) is 0.253. The molecule has 2 rings (SSSR count). The third-order valence-electron chi connectivity index (χ3n) is 2.85. The summed E-state index contributed by atoms with van der Waals surface area (Å²) in [7, 11) is 0. The summed E-state index contributed by atoms with van der Waals surface area (Å²) < 4.78 is 1.37. The first-order chi connectivity index (χ1) is 8.63. The minimum Gasteiger partial charge on any atom is -0.349 e. The van der Waals surface area contributed by atoms with Crippen LogP contribution in [-0.4, -0.2) is 21.3 Å². The molecule has 18 heavy (non-hydrogen) atoms. The van der Waals surface area contributed by atoms with E-state index >= 15 is 0 Å². The lowest BCUT2D eigenvalue weighted by molar-refractivity contribution is 0.0937. The first-order valence-electron chi connectivity index (χ1n) is 5.90. The second-order valence-corrected chi connectivity index (χ2v) is 4.19. The maximum atomic E-state index is 12.1. The molecule has 5 nitrogen and oxygen atoms in total. The van der Waals surface area contributed by atoms with E-state index in [0.717, 1.165) is 6.42 Å². The quantitative estimate of drug-likeness (QED) is 0.884. The van der Waals surface area contributed by atoms with Crippen LogP contribution in [0.2, 0.25) is 0 Å². The van der Waals surface area contributed by atoms with Crippen molar-refractivity contribution in [1.82, 2.24) is 14.7 Å². The highest BCUT2D eigenvalue weighted by Gasteiger charge is 2.14. The van der Waals surface area contributed by atoms with Crippen molar-refractivity contribution >= 4 is 11.6 Å². The Labute approximate surface area is 104 Å². The van der Waals surface area contributed by atoms with Gasteiger partial charge in [0.05, 0.1) is 0 Å². The summed E-state index contributed by atoms with van der Waals surface area (Å²) in [5, 5.41) is 2.76. The molecule has 1 amide bonds. The molecule has 0 saturated heterocycles. The number of pyridine rings is 1. The number of hydrogen-bond acceptors (Lipinski definition) is 3. The molecule has 94 valence electrons. The zero-order valence-corrected chi connectivity index (χ0v) is 10.4. The number of carbonyl (C=O) groups excluding carboxylic acids is 1. The van der Waals surface area contributed by atoms with Crippen LogP contribution in [0.5, 0.6) is 0 Å². The molecule has 0 aromatic carbocycles. The van der Waals surface area contributed by atoms with Gasteiger partial charge >= 0.3 is 0 Å². The van der Waals surface area contributed by atoms with E-state index in [9.17, 15) is 9.59 Å². The Bertz CT molecular complexity index is 633. The van der Waals surface area contributed by atoms with Crippen molar-refractivity contribution in [3.05, 3.63) is 46.5 Å². The van der Waals surface area contributed by atoms with E-state index in [0.29, 0.717) is 5.65 Å². The van der Waals surface area contributed by atoms with Gasteiger partial charge in [-0.25, -0.2) is 4.98 Å². The van der Waals surface area contributed by atoms with Crippen molar-refractivity contribution in [2.24, 2.45) is 0 Å². The topological polar surface area (TPSA) is 63.5 Å². The SMILES string of the molecule is CC[C@@H](C)NC(=O)c1cnc2ccccn2c1=O. The Balaban J connectivity index is 2.43. The number of aromatic nitrogens is 2. The largest absolute Gasteiger partial charge is 0.349 e. The summed E-state index contributed by atoms with van der Waals surface area (Å²) >= 11 is 0. The van der Waals surface area contributed by atoms with Crippen LogP contribution in [0.1, 0.15) is 30.6 Å². The fraction of sp³-hybridized carbons (Fsp3) is 0.308. The Morgan fingerprint density at radius 2 is 2.28 bits per heavy atom. The van der Waals surface area contributed by atoms with Crippen molar-refractivity contribution < 1.29 is 4.79 Å². The molecule has 1 atom stereocenters. The van der Waals surface area contributed by atoms with Gasteiger partial charge in [0.2, 0.25) is 0 Å². The van der Waals surface area contributed by atoms with Gasteiger partial charge in [-0.3, -0.25) is 14.0 Å². The van der Waals surface area contributed by atoms with Gasteiger partial charge in [-0.05, 0) is 25.5 Å². The van der Waals surface area contributed by atoms with Crippen molar-refractivity contribution in [2.45, 2.75) is 26.3 Å². The molecular weight excluding hydrogens is 230 g/mol. The Hall–Kier alpha value is -2.17. The monoisotopic (exact) mass is 245 g/mol. The lowest BCUT2D eigenvalue weighted by atomic mass is 10.2. The predicted octanol–water partition coefficient (Wildman–Crippen LogP) is 1.22. The van der Waals surface area contributed by atoms with Crippen LogP contribution in [0.25, 0.3) is 5.65 Å². The number of nitrogens with zero attached hydrogens (tertiary/aromatic N) is 2. The number of carbonyl (C=O) groups is 1. The van der Waals surface area contributed by atoms with Gasteiger partial charge in [-0.15, -0.1) is 0 Å². The smallest absolute Gasteiger partial charge is 0.270 e. The number of rotatable bonds is 3. The zero-order valence-electron chi connectivity index (χ0n) is 10.4. The fourth-order valence-corrected chi connectivity index (χ4v) is 1.59. The average molecular weight is 245 g/mol. The molecule has 0 unspecified atom stereocenters. The first-order valence-corrected chi connectivity index (χ1v) is 5.90. The Morgan fingerprint density at radius 1 is 1.50 bits per heavy atom. The summed E-state index contributed by atoms with van der Waals surface area (Å²) in [5.74, 6) is -0.375. The van der Waals surface area contributed by atoms with Crippen LogP contribution in [-0.2, 0) is 0 Å². The molecule has 0 aliphatic heterocycles. The molecule has 0 saturated carbocycles. The molecular formula is C13H15N3O2. The Morgan fingerprint density at radius 3 is 3.00 bits per heavy atom. The zero-order chi connectivity index (χ0) is 13.1. The van der Waals surface area contributed by atoms with Gasteiger partial charge in [0.15, 0.2) is 0 Å². The molecule has 2 heterocycles. The van der Waals surface area contributed by atoms with E-state index in [4.69, 9.17) is 0 Å². The summed E-state index contributed by atoms with van der Waals surface area (Å²) in [6.45, 7) is 3.86. The normalized spacial score (nSPS) is 12.3. The summed E-state index contributed by atoms with van der Waals surface area (Å²) in [4.78, 5) is 28.1. The van der Waals surface area contributed by atoms with Crippen LogP contribution >= 0.6 is 0 Å². The highest BCUT2D eigenvalue weighted by molar-refractivity contribution is 5.93. The molecule has 2 aromatic rings. The second-order valence-electron chi connectivity index (χ2n) is 4.19. The van der Waals surface area contributed by atoms with Crippen LogP contribution < -0.4 is 10.9 Å². The Kier molecular flexibility index (Phi) is 3.41. The number of amides is 1. The fourth-order valence-electron chi connectivity index (χ4n) is 1.59. The van der Waals surface area contributed by atoms with E-state index in [1.807, 2.05) is 13.8 Å². The average Bonchev–Trinajstić information content (AvgIpc) is 2.39.